The van der Waals surface area contributed by atoms with Gasteiger partial charge >= 0.3 is 0 Å². The Balaban J connectivity index is 2.96. The molecule has 0 atom stereocenters. The van der Waals surface area contributed by atoms with Gasteiger partial charge in [0.1, 0.15) is 5.65 Å². The number of H-pyrrole nitrogens is 1. The van der Waals surface area contributed by atoms with E-state index in [0.29, 0.717) is 17.6 Å². The molecule has 14 heavy (non-hydrogen) atoms. The number of nitrogens with two attached hydrogens (primary N) is 2. The molecular weight excluding hydrogens is 182 g/mol. The van der Waals surface area contributed by atoms with Gasteiger partial charge in [-0.05, 0) is 5.56 Å². The van der Waals surface area contributed by atoms with E-state index in [1.165, 1.54) is 4.57 Å². The van der Waals surface area contributed by atoms with Gasteiger partial charge in [0, 0.05) is 19.8 Å². The van der Waals surface area contributed by atoms with E-state index in [9.17, 15) is 4.79 Å². The second kappa shape index (κ2) is 2.85. The predicted octanol–water partition coefficient (Wildman–Crippen LogP) is -0.698. The van der Waals surface area contributed by atoms with Crippen molar-refractivity contribution in [1.82, 2.24) is 14.5 Å². The quantitative estimate of drug-likeness (QED) is 0.557. The van der Waals surface area contributed by atoms with Crippen LogP contribution >= 0.6 is 0 Å². The Bertz CT molecular complexity index is 538. The first-order valence-electron chi connectivity index (χ1n) is 4.17. The molecule has 0 unspecified atom stereocenters. The van der Waals surface area contributed by atoms with E-state index in [-0.39, 0.29) is 11.5 Å². The third-order valence-corrected chi connectivity index (χ3v) is 2.25. The van der Waals surface area contributed by atoms with Gasteiger partial charge < -0.3 is 16.5 Å². The highest BCUT2D eigenvalue weighted by Gasteiger charge is 2.10. The van der Waals surface area contributed by atoms with Crippen LogP contribution in [-0.2, 0) is 13.6 Å². The lowest BCUT2D eigenvalue weighted by molar-refractivity contribution is 0.858. The maximum atomic E-state index is 11.8. The van der Waals surface area contributed by atoms with Gasteiger partial charge in [0.25, 0.3) is 5.56 Å². The number of fused-ring (bicyclic) bond motifs is 1. The summed E-state index contributed by atoms with van der Waals surface area (Å²) in [6.45, 7) is 0.306. The fourth-order valence-electron chi connectivity index (χ4n) is 1.40. The highest BCUT2D eigenvalue weighted by atomic mass is 16.1. The molecule has 0 radical (unpaired) electrons. The van der Waals surface area contributed by atoms with Crippen molar-refractivity contribution in [2.75, 3.05) is 5.73 Å². The van der Waals surface area contributed by atoms with Crippen LogP contribution in [0.5, 0.6) is 0 Å². The molecular formula is C8H11N5O. The smallest absolute Gasteiger partial charge is 0.264 e. The van der Waals surface area contributed by atoms with Crippen LogP contribution in [0.2, 0.25) is 0 Å². The molecule has 0 saturated heterocycles. The van der Waals surface area contributed by atoms with E-state index >= 15 is 0 Å². The van der Waals surface area contributed by atoms with Gasteiger partial charge in [0.05, 0.1) is 5.39 Å². The topological polar surface area (TPSA) is 103 Å². The van der Waals surface area contributed by atoms with Crippen LogP contribution in [0.4, 0.5) is 5.95 Å². The first-order valence-corrected chi connectivity index (χ1v) is 4.17. The average Bonchev–Trinajstić information content (AvgIpc) is 2.57. The van der Waals surface area contributed by atoms with E-state index < -0.39 is 0 Å². The summed E-state index contributed by atoms with van der Waals surface area (Å²) >= 11 is 0. The number of anilines is 1. The van der Waals surface area contributed by atoms with Gasteiger partial charge in [-0.3, -0.25) is 9.36 Å². The second-order valence-corrected chi connectivity index (χ2v) is 3.08. The Morgan fingerprint density at radius 2 is 2.36 bits per heavy atom. The summed E-state index contributed by atoms with van der Waals surface area (Å²) in [6, 6.07) is 0. The Labute approximate surface area is 79.5 Å². The maximum absolute atomic E-state index is 11.8. The summed E-state index contributed by atoms with van der Waals surface area (Å²) in [7, 11) is 1.58. The van der Waals surface area contributed by atoms with E-state index in [0.717, 1.165) is 5.56 Å². The van der Waals surface area contributed by atoms with Crippen LogP contribution in [0.3, 0.4) is 0 Å². The number of aromatic amines is 1. The molecule has 0 spiro atoms. The third-order valence-electron chi connectivity index (χ3n) is 2.25. The Morgan fingerprint density at radius 1 is 1.64 bits per heavy atom. The standard InChI is InChI=1S/C8H11N5O/c1-13-7(14)5-4(2-9)3-11-6(5)12-8(13)10/h3,11H,2,9H2,1H3,(H2,10,12). The number of nitrogen functional groups attached to an aromatic ring is 1. The van der Waals surface area contributed by atoms with E-state index in [1.807, 2.05) is 0 Å². The molecule has 2 rings (SSSR count). The third kappa shape index (κ3) is 1.01. The summed E-state index contributed by atoms with van der Waals surface area (Å²) in [5.74, 6) is 0.188. The number of nitrogens with one attached hydrogen (secondary N) is 1. The summed E-state index contributed by atoms with van der Waals surface area (Å²) in [5, 5.41) is 0.518. The largest absolute Gasteiger partial charge is 0.369 e. The van der Waals surface area contributed by atoms with Crippen molar-refractivity contribution in [2.45, 2.75) is 6.54 Å². The lowest BCUT2D eigenvalue weighted by Crippen LogP contribution is -2.21. The summed E-state index contributed by atoms with van der Waals surface area (Å²) in [5.41, 5.74) is 12.1. The molecule has 0 saturated carbocycles. The van der Waals surface area contributed by atoms with Crippen LogP contribution in [0.15, 0.2) is 11.0 Å². The van der Waals surface area contributed by atoms with Gasteiger partial charge in [0.15, 0.2) is 0 Å². The first kappa shape index (κ1) is 8.76. The Kier molecular flexibility index (Phi) is 1.78. The van der Waals surface area contributed by atoms with E-state index in [1.54, 1.807) is 13.2 Å². The van der Waals surface area contributed by atoms with Crippen molar-refractivity contribution in [2.24, 2.45) is 12.8 Å². The molecule has 0 bridgehead atoms. The Morgan fingerprint density at radius 3 is 3.00 bits per heavy atom. The summed E-state index contributed by atoms with van der Waals surface area (Å²) in [4.78, 5) is 18.7. The first-order chi connectivity index (χ1) is 6.65. The molecule has 2 aromatic heterocycles. The van der Waals surface area contributed by atoms with Crippen LogP contribution in [-0.4, -0.2) is 14.5 Å². The molecule has 0 fully saturated rings. The molecule has 2 aromatic rings. The highest BCUT2D eigenvalue weighted by molar-refractivity contribution is 5.79. The van der Waals surface area contributed by atoms with Crippen LogP contribution in [0.25, 0.3) is 11.0 Å². The molecule has 0 aliphatic carbocycles. The molecule has 2 heterocycles. The molecule has 6 heteroatoms. The monoisotopic (exact) mass is 193 g/mol. The number of aromatic nitrogens is 3. The Hall–Kier alpha value is -1.82. The lowest BCUT2D eigenvalue weighted by Gasteiger charge is -2.01. The van der Waals surface area contributed by atoms with Crippen molar-refractivity contribution >= 4 is 17.0 Å². The van der Waals surface area contributed by atoms with E-state index in [4.69, 9.17) is 11.5 Å². The molecule has 74 valence electrons. The van der Waals surface area contributed by atoms with Crippen molar-refractivity contribution in [3.63, 3.8) is 0 Å². The minimum absolute atomic E-state index is 0.172. The lowest BCUT2D eigenvalue weighted by atomic mass is 10.2. The van der Waals surface area contributed by atoms with Crippen molar-refractivity contribution in [1.29, 1.82) is 0 Å². The van der Waals surface area contributed by atoms with Crippen molar-refractivity contribution < 1.29 is 0 Å². The summed E-state index contributed by atoms with van der Waals surface area (Å²) in [6.07, 6.45) is 1.68. The number of nitrogens with zero attached hydrogens (tertiary/aromatic N) is 2. The molecule has 5 N–H and O–H groups in total. The molecule has 0 aliphatic rings. The fraction of sp³-hybridized carbons (Fsp3) is 0.250. The van der Waals surface area contributed by atoms with Gasteiger partial charge in [-0.2, -0.15) is 4.98 Å². The van der Waals surface area contributed by atoms with Gasteiger partial charge in [-0.15, -0.1) is 0 Å². The van der Waals surface area contributed by atoms with Gasteiger partial charge in [-0.1, -0.05) is 0 Å². The molecule has 0 aromatic carbocycles. The van der Waals surface area contributed by atoms with Crippen LogP contribution in [0.1, 0.15) is 5.56 Å². The zero-order chi connectivity index (χ0) is 10.3. The molecule has 0 amide bonds. The zero-order valence-electron chi connectivity index (χ0n) is 7.74. The van der Waals surface area contributed by atoms with Crippen LogP contribution < -0.4 is 17.0 Å². The minimum atomic E-state index is -0.172. The van der Waals surface area contributed by atoms with Gasteiger partial charge in [0.2, 0.25) is 5.95 Å². The zero-order valence-corrected chi connectivity index (χ0v) is 7.74. The minimum Gasteiger partial charge on any atom is -0.369 e. The second-order valence-electron chi connectivity index (χ2n) is 3.08. The highest BCUT2D eigenvalue weighted by Crippen LogP contribution is 2.12. The maximum Gasteiger partial charge on any atom is 0.264 e. The van der Waals surface area contributed by atoms with Crippen molar-refractivity contribution in [3.8, 4) is 0 Å². The summed E-state index contributed by atoms with van der Waals surface area (Å²) < 4.78 is 1.30. The normalized spacial score (nSPS) is 11.0. The number of rotatable bonds is 1. The molecule has 0 aliphatic heterocycles. The van der Waals surface area contributed by atoms with Crippen LogP contribution in [0, 0.1) is 0 Å². The van der Waals surface area contributed by atoms with Gasteiger partial charge in [-0.25, -0.2) is 0 Å². The average molecular weight is 193 g/mol. The van der Waals surface area contributed by atoms with Crippen molar-refractivity contribution in [3.05, 3.63) is 22.1 Å². The molecule has 6 nitrogen and oxygen atoms in total. The van der Waals surface area contributed by atoms with E-state index in [2.05, 4.69) is 9.97 Å². The SMILES string of the molecule is Cn1c(N)nc2[nH]cc(CN)c2c1=O. The number of hydrogen-bond donors (Lipinski definition) is 3. The predicted molar refractivity (Wildman–Crippen MR) is 53.6 cm³/mol. The fourth-order valence-corrected chi connectivity index (χ4v) is 1.40. The number of hydrogen-bond acceptors (Lipinski definition) is 4.